The molecule has 0 aliphatic carbocycles. The summed E-state index contributed by atoms with van der Waals surface area (Å²) in [5.41, 5.74) is 15.4. The number of methoxy groups -OCH3 is 1. The van der Waals surface area contributed by atoms with Gasteiger partial charge in [-0.15, -0.1) is 0 Å². The molecule has 0 bridgehead atoms. The Labute approximate surface area is 116 Å². The molecule has 3 rings (SSSR count). The monoisotopic (exact) mass is 269 g/mol. The molecule has 4 N–H and O–H groups in total. The molecule has 5 nitrogen and oxygen atoms in total. The molecule has 2 aromatic heterocycles. The van der Waals surface area contributed by atoms with Crippen molar-refractivity contribution in [3.05, 3.63) is 36.0 Å². The number of nitrogen functional groups attached to an aromatic ring is 2. The lowest BCUT2D eigenvalue weighted by atomic mass is 10.1. The van der Waals surface area contributed by atoms with Crippen LogP contribution in [0.25, 0.3) is 22.2 Å². The van der Waals surface area contributed by atoms with Crippen LogP contribution in [0.3, 0.4) is 0 Å². The molecule has 0 radical (unpaired) electrons. The molecule has 102 valence electrons. The first kappa shape index (κ1) is 12.3. The molecule has 0 saturated carbocycles. The van der Waals surface area contributed by atoms with E-state index >= 15 is 0 Å². The molecule has 0 saturated heterocycles. The van der Waals surface area contributed by atoms with Gasteiger partial charge in [0.15, 0.2) is 5.58 Å². The topological polar surface area (TPSA) is 87.3 Å². The van der Waals surface area contributed by atoms with Crippen LogP contribution in [0.4, 0.5) is 11.6 Å². The van der Waals surface area contributed by atoms with Crippen molar-refractivity contribution in [1.82, 2.24) is 4.98 Å². The van der Waals surface area contributed by atoms with Crippen molar-refractivity contribution in [1.29, 1.82) is 0 Å². The van der Waals surface area contributed by atoms with E-state index in [1.54, 1.807) is 19.4 Å². The van der Waals surface area contributed by atoms with Gasteiger partial charge in [-0.25, -0.2) is 0 Å². The van der Waals surface area contributed by atoms with E-state index in [-0.39, 0.29) is 5.88 Å². The van der Waals surface area contributed by atoms with Crippen LogP contribution >= 0.6 is 0 Å². The Morgan fingerprint density at radius 3 is 2.75 bits per heavy atom. The average molecular weight is 269 g/mol. The molecule has 0 aliphatic rings. The molecule has 0 fully saturated rings. The maximum absolute atomic E-state index is 5.90. The van der Waals surface area contributed by atoms with Crippen molar-refractivity contribution in [3.63, 3.8) is 0 Å². The van der Waals surface area contributed by atoms with Crippen LogP contribution in [0, 0.1) is 6.92 Å². The highest BCUT2D eigenvalue weighted by Crippen LogP contribution is 2.36. The number of aryl methyl sites for hydroxylation is 1. The lowest BCUT2D eigenvalue weighted by Gasteiger charge is -2.06. The fourth-order valence-corrected chi connectivity index (χ4v) is 2.27. The minimum Gasteiger partial charge on any atom is -0.497 e. The Hall–Kier alpha value is -2.69. The first-order valence-corrected chi connectivity index (χ1v) is 6.18. The van der Waals surface area contributed by atoms with Gasteiger partial charge in [-0.1, -0.05) is 0 Å². The second-order valence-electron chi connectivity index (χ2n) is 4.66. The fourth-order valence-electron chi connectivity index (χ4n) is 2.27. The third kappa shape index (κ3) is 1.84. The van der Waals surface area contributed by atoms with Crippen molar-refractivity contribution < 1.29 is 9.15 Å². The summed E-state index contributed by atoms with van der Waals surface area (Å²) in [6, 6.07) is 7.67. The molecular weight excluding hydrogens is 254 g/mol. The van der Waals surface area contributed by atoms with Crippen molar-refractivity contribution in [2.75, 3.05) is 18.6 Å². The Balaban J connectivity index is 2.29. The largest absolute Gasteiger partial charge is 0.497 e. The van der Waals surface area contributed by atoms with Gasteiger partial charge in [0.05, 0.1) is 7.11 Å². The van der Waals surface area contributed by atoms with Gasteiger partial charge in [0.1, 0.15) is 17.1 Å². The van der Waals surface area contributed by atoms with Gasteiger partial charge >= 0.3 is 0 Å². The van der Waals surface area contributed by atoms with Crippen LogP contribution in [-0.2, 0) is 0 Å². The van der Waals surface area contributed by atoms with Gasteiger partial charge in [0.25, 0.3) is 0 Å². The maximum Gasteiger partial charge on any atom is 0.214 e. The molecule has 0 spiro atoms. The number of aromatic nitrogens is 1. The van der Waals surface area contributed by atoms with Gasteiger partial charge in [-0.3, -0.25) is 4.98 Å². The molecule has 0 atom stereocenters. The third-order valence-electron chi connectivity index (χ3n) is 3.23. The van der Waals surface area contributed by atoms with E-state index in [9.17, 15) is 0 Å². The number of rotatable bonds is 2. The molecule has 0 aliphatic heterocycles. The number of ether oxygens (including phenoxy) is 1. The number of anilines is 2. The molecular formula is C15H15N3O2. The number of hydrogen-bond acceptors (Lipinski definition) is 5. The van der Waals surface area contributed by atoms with Crippen molar-refractivity contribution in [2.45, 2.75) is 6.92 Å². The van der Waals surface area contributed by atoms with Crippen molar-refractivity contribution in [2.24, 2.45) is 0 Å². The second-order valence-corrected chi connectivity index (χ2v) is 4.66. The highest BCUT2D eigenvalue weighted by Gasteiger charge is 2.15. The predicted molar refractivity (Wildman–Crippen MR) is 79.6 cm³/mol. The zero-order valence-corrected chi connectivity index (χ0v) is 11.3. The normalized spacial score (nSPS) is 10.9. The number of benzene rings is 1. The van der Waals surface area contributed by atoms with Crippen LogP contribution in [0.15, 0.2) is 34.9 Å². The minimum atomic E-state index is 0.217. The van der Waals surface area contributed by atoms with Gasteiger partial charge < -0.3 is 20.6 Å². The Morgan fingerprint density at radius 2 is 2.00 bits per heavy atom. The summed E-state index contributed by atoms with van der Waals surface area (Å²) in [7, 11) is 1.63. The zero-order chi connectivity index (χ0) is 14.3. The summed E-state index contributed by atoms with van der Waals surface area (Å²) in [5, 5.41) is 0.771. The number of nitrogens with zero attached hydrogens (tertiary/aromatic N) is 1. The van der Waals surface area contributed by atoms with E-state index < -0.39 is 0 Å². The van der Waals surface area contributed by atoms with Crippen LogP contribution in [0.2, 0.25) is 0 Å². The lowest BCUT2D eigenvalue weighted by Crippen LogP contribution is -1.90. The maximum atomic E-state index is 5.90. The number of furan rings is 1. The average Bonchev–Trinajstić information content (AvgIpc) is 2.73. The Kier molecular flexibility index (Phi) is 2.75. The smallest absolute Gasteiger partial charge is 0.214 e. The summed E-state index contributed by atoms with van der Waals surface area (Å²) in [4.78, 5) is 4.39. The second kappa shape index (κ2) is 4.45. The highest BCUT2D eigenvalue weighted by atomic mass is 16.5. The number of nitrogens with two attached hydrogens (primary N) is 2. The Morgan fingerprint density at radius 1 is 1.20 bits per heavy atom. The van der Waals surface area contributed by atoms with Crippen LogP contribution in [0.1, 0.15) is 5.56 Å². The first-order chi connectivity index (χ1) is 9.60. The zero-order valence-electron chi connectivity index (χ0n) is 11.3. The van der Waals surface area contributed by atoms with Gasteiger partial charge in [-0.05, 0) is 36.8 Å². The summed E-state index contributed by atoms with van der Waals surface area (Å²) in [6.07, 6.45) is 1.69. The van der Waals surface area contributed by atoms with Crippen molar-refractivity contribution >= 4 is 22.5 Å². The fraction of sp³-hybridized carbons (Fsp3) is 0.133. The highest BCUT2D eigenvalue weighted by molar-refractivity contribution is 6.01. The molecule has 1 aromatic carbocycles. The van der Waals surface area contributed by atoms with Crippen LogP contribution in [-0.4, -0.2) is 12.1 Å². The quantitative estimate of drug-likeness (QED) is 0.746. The van der Waals surface area contributed by atoms with E-state index in [1.165, 1.54) is 0 Å². The van der Waals surface area contributed by atoms with Crippen molar-refractivity contribution in [3.8, 4) is 17.0 Å². The van der Waals surface area contributed by atoms with E-state index in [0.29, 0.717) is 17.0 Å². The molecule has 0 amide bonds. The van der Waals surface area contributed by atoms with E-state index in [2.05, 4.69) is 4.98 Å². The molecule has 5 heteroatoms. The van der Waals surface area contributed by atoms with Gasteiger partial charge in [0.2, 0.25) is 5.88 Å². The molecule has 3 aromatic rings. The number of pyridine rings is 1. The predicted octanol–water partition coefficient (Wildman–Crippen LogP) is 2.98. The Bertz CT molecular complexity index is 793. The summed E-state index contributed by atoms with van der Waals surface area (Å²) in [6.45, 7) is 2.00. The van der Waals surface area contributed by atoms with Crippen LogP contribution in [0.5, 0.6) is 5.75 Å². The summed E-state index contributed by atoms with van der Waals surface area (Å²) >= 11 is 0. The lowest BCUT2D eigenvalue weighted by molar-refractivity contribution is 0.414. The van der Waals surface area contributed by atoms with Crippen LogP contribution < -0.4 is 16.2 Å². The van der Waals surface area contributed by atoms with E-state index in [1.807, 2.05) is 25.1 Å². The summed E-state index contributed by atoms with van der Waals surface area (Å²) in [5.74, 6) is 0.986. The third-order valence-corrected chi connectivity index (χ3v) is 3.23. The molecule has 2 heterocycles. The van der Waals surface area contributed by atoms with E-state index in [4.69, 9.17) is 20.6 Å². The summed E-state index contributed by atoms with van der Waals surface area (Å²) < 4.78 is 10.8. The molecule has 0 unspecified atom stereocenters. The standard InChI is InChI=1S/C15H15N3O2/c1-8-5-9(7-10(6-8)19-2)13-14-11(3-4-18-13)12(16)15(17)20-14/h3-7H,16-17H2,1-2H3. The molecule has 20 heavy (non-hydrogen) atoms. The van der Waals surface area contributed by atoms with Gasteiger partial charge in [0, 0.05) is 17.1 Å². The van der Waals surface area contributed by atoms with Gasteiger partial charge in [-0.2, -0.15) is 0 Å². The first-order valence-electron chi connectivity index (χ1n) is 6.18. The SMILES string of the molecule is COc1cc(C)cc(-c2nccc3c(N)c(N)oc23)c1. The number of fused-ring (bicyclic) bond motifs is 1. The van der Waals surface area contributed by atoms with E-state index in [0.717, 1.165) is 22.3 Å². The minimum absolute atomic E-state index is 0.217. The number of hydrogen-bond donors (Lipinski definition) is 2.